The number of methoxy groups -OCH3 is 1. The molecular formula is C12H14N2O2. The van der Waals surface area contributed by atoms with E-state index in [0.29, 0.717) is 5.75 Å². The molecule has 2 rings (SSSR count). The summed E-state index contributed by atoms with van der Waals surface area (Å²) in [7, 11) is 1.59. The zero-order valence-corrected chi connectivity index (χ0v) is 9.36. The van der Waals surface area contributed by atoms with E-state index in [1.54, 1.807) is 13.2 Å². The second-order valence-corrected chi connectivity index (χ2v) is 3.48. The molecule has 1 heterocycles. The van der Waals surface area contributed by atoms with Crippen LogP contribution in [0.2, 0.25) is 0 Å². The summed E-state index contributed by atoms with van der Waals surface area (Å²) < 4.78 is 6.72. The molecule has 0 saturated heterocycles. The van der Waals surface area contributed by atoms with Crippen LogP contribution in [0.15, 0.2) is 35.1 Å². The van der Waals surface area contributed by atoms with E-state index in [1.807, 2.05) is 31.2 Å². The molecule has 0 aliphatic carbocycles. The number of nitrogens with zero attached hydrogens (tertiary/aromatic N) is 1. The molecule has 0 radical (unpaired) electrons. The van der Waals surface area contributed by atoms with E-state index in [-0.39, 0.29) is 5.56 Å². The molecule has 0 atom stereocenters. The highest BCUT2D eigenvalue weighted by Gasteiger charge is 2.08. The minimum absolute atomic E-state index is 0.0682. The van der Waals surface area contributed by atoms with Gasteiger partial charge in [0.25, 0.3) is 5.56 Å². The lowest BCUT2D eigenvalue weighted by molar-refractivity contribution is 0.411. The molecule has 2 aromatic rings. The van der Waals surface area contributed by atoms with Crippen molar-refractivity contribution in [2.75, 3.05) is 7.11 Å². The molecule has 0 amide bonds. The van der Waals surface area contributed by atoms with E-state index in [9.17, 15) is 4.79 Å². The van der Waals surface area contributed by atoms with Gasteiger partial charge in [0.1, 0.15) is 11.4 Å². The average Bonchev–Trinajstić information content (AvgIpc) is 2.70. The topological polar surface area (TPSA) is 47.0 Å². The Labute approximate surface area is 93.5 Å². The van der Waals surface area contributed by atoms with Crippen LogP contribution in [0.1, 0.15) is 12.6 Å². The van der Waals surface area contributed by atoms with Gasteiger partial charge in [0.2, 0.25) is 0 Å². The molecule has 16 heavy (non-hydrogen) atoms. The van der Waals surface area contributed by atoms with E-state index < -0.39 is 0 Å². The van der Waals surface area contributed by atoms with Gasteiger partial charge in [-0.2, -0.15) is 0 Å². The van der Waals surface area contributed by atoms with Crippen molar-refractivity contribution in [2.24, 2.45) is 0 Å². The SMILES string of the molecule is CCc1cc(=O)n(-c2ccccc2OC)[nH]1. The molecule has 0 fully saturated rings. The van der Waals surface area contributed by atoms with E-state index in [0.717, 1.165) is 17.8 Å². The van der Waals surface area contributed by atoms with Gasteiger partial charge in [-0.15, -0.1) is 0 Å². The molecular weight excluding hydrogens is 204 g/mol. The maximum absolute atomic E-state index is 11.7. The third-order valence-electron chi connectivity index (χ3n) is 2.48. The molecule has 0 saturated carbocycles. The fourth-order valence-electron chi connectivity index (χ4n) is 1.62. The van der Waals surface area contributed by atoms with Crippen LogP contribution in [0.5, 0.6) is 5.75 Å². The highest BCUT2D eigenvalue weighted by Crippen LogP contribution is 2.19. The lowest BCUT2D eigenvalue weighted by Crippen LogP contribution is -2.14. The number of ether oxygens (including phenoxy) is 1. The van der Waals surface area contributed by atoms with E-state index >= 15 is 0 Å². The maximum Gasteiger partial charge on any atom is 0.271 e. The molecule has 84 valence electrons. The highest BCUT2D eigenvalue weighted by molar-refractivity contribution is 5.45. The van der Waals surface area contributed by atoms with E-state index in [4.69, 9.17) is 4.74 Å². The van der Waals surface area contributed by atoms with Gasteiger partial charge in [0.05, 0.1) is 7.11 Å². The van der Waals surface area contributed by atoms with E-state index in [1.165, 1.54) is 4.68 Å². The second kappa shape index (κ2) is 4.26. The first-order valence-corrected chi connectivity index (χ1v) is 5.20. The van der Waals surface area contributed by atoms with E-state index in [2.05, 4.69) is 5.10 Å². The van der Waals surface area contributed by atoms with Gasteiger partial charge in [0.15, 0.2) is 0 Å². The van der Waals surface area contributed by atoms with Crippen LogP contribution in [-0.4, -0.2) is 16.9 Å². The zero-order valence-electron chi connectivity index (χ0n) is 9.36. The number of hydrogen-bond acceptors (Lipinski definition) is 2. The zero-order chi connectivity index (χ0) is 11.5. The summed E-state index contributed by atoms with van der Waals surface area (Å²) in [4.78, 5) is 11.7. The number of benzene rings is 1. The second-order valence-electron chi connectivity index (χ2n) is 3.48. The lowest BCUT2D eigenvalue weighted by atomic mass is 10.3. The van der Waals surface area contributed by atoms with Crippen molar-refractivity contribution in [3.63, 3.8) is 0 Å². The summed E-state index contributed by atoms with van der Waals surface area (Å²) in [5, 5.41) is 3.05. The third-order valence-corrected chi connectivity index (χ3v) is 2.48. The van der Waals surface area contributed by atoms with Gasteiger partial charge < -0.3 is 4.74 Å². The fourth-order valence-corrected chi connectivity index (χ4v) is 1.62. The van der Waals surface area contributed by atoms with Crippen LogP contribution in [0, 0.1) is 0 Å². The summed E-state index contributed by atoms with van der Waals surface area (Å²) in [6.45, 7) is 2.00. The van der Waals surface area contributed by atoms with Crippen molar-refractivity contribution >= 4 is 0 Å². The number of hydrogen-bond donors (Lipinski definition) is 1. The Morgan fingerprint density at radius 2 is 2.12 bits per heavy atom. The number of aromatic nitrogens is 2. The Hall–Kier alpha value is -1.97. The first kappa shape index (κ1) is 10.5. The van der Waals surface area contributed by atoms with Gasteiger partial charge in [-0.1, -0.05) is 19.1 Å². The Morgan fingerprint density at radius 3 is 2.75 bits per heavy atom. The van der Waals surface area contributed by atoms with Crippen LogP contribution >= 0.6 is 0 Å². The van der Waals surface area contributed by atoms with Crippen molar-refractivity contribution in [2.45, 2.75) is 13.3 Å². The predicted octanol–water partition coefficient (Wildman–Crippen LogP) is 1.74. The van der Waals surface area contributed by atoms with Crippen molar-refractivity contribution in [3.05, 3.63) is 46.4 Å². The molecule has 1 aromatic heterocycles. The van der Waals surface area contributed by atoms with Gasteiger partial charge in [0, 0.05) is 11.8 Å². The summed E-state index contributed by atoms with van der Waals surface area (Å²) in [6.07, 6.45) is 0.803. The molecule has 0 aliphatic heterocycles. The largest absolute Gasteiger partial charge is 0.494 e. The molecule has 0 bridgehead atoms. The third kappa shape index (κ3) is 1.74. The van der Waals surface area contributed by atoms with Gasteiger partial charge >= 0.3 is 0 Å². The van der Waals surface area contributed by atoms with Crippen molar-refractivity contribution in [1.29, 1.82) is 0 Å². The molecule has 4 heteroatoms. The Bertz CT molecular complexity index is 540. The summed E-state index contributed by atoms with van der Waals surface area (Å²) in [5.41, 5.74) is 1.58. The lowest BCUT2D eigenvalue weighted by Gasteiger charge is -2.07. The molecule has 1 aromatic carbocycles. The molecule has 4 nitrogen and oxygen atoms in total. The number of aryl methyl sites for hydroxylation is 1. The number of aromatic amines is 1. The number of rotatable bonds is 3. The summed E-state index contributed by atoms with van der Waals surface area (Å²) in [5.74, 6) is 0.675. The van der Waals surface area contributed by atoms with Crippen molar-refractivity contribution in [3.8, 4) is 11.4 Å². The first-order valence-electron chi connectivity index (χ1n) is 5.20. The number of nitrogens with one attached hydrogen (secondary N) is 1. The van der Waals surface area contributed by atoms with Gasteiger partial charge in [-0.3, -0.25) is 9.89 Å². The quantitative estimate of drug-likeness (QED) is 0.853. The van der Waals surface area contributed by atoms with Crippen molar-refractivity contribution < 1.29 is 4.74 Å². The van der Waals surface area contributed by atoms with Crippen LogP contribution in [0.3, 0.4) is 0 Å². The Morgan fingerprint density at radius 1 is 1.38 bits per heavy atom. The van der Waals surface area contributed by atoms with Gasteiger partial charge in [-0.05, 0) is 18.6 Å². The van der Waals surface area contributed by atoms with Crippen LogP contribution < -0.4 is 10.3 Å². The number of para-hydroxylation sites is 2. The Balaban J connectivity index is 2.58. The van der Waals surface area contributed by atoms with Crippen molar-refractivity contribution in [1.82, 2.24) is 9.78 Å². The minimum Gasteiger partial charge on any atom is -0.494 e. The molecule has 0 spiro atoms. The normalized spacial score (nSPS) is 10.4. The molecule has 1 N–H and O–H groups in total. The highest BCUT2D eigenvalue weighted by atomic mass is 16.5. The average molecular weight is 218 g/mol. The molecule has 0 unspecified atom stereocenters. The maximum atomic E-state index is 11.7. The molecule has 0 aliphatic rings. The summed E-state index contributed by atoms with van der Waals surface area (Å²) >= 11 is 0. The monoisotopic (exact) mass is 218 g/mol. The smallest absolute Gasteiger partial charge is 0.271 e. The standard InChI is InChI=1S/C12H14N2O2/c1-3-9-8-12(15)14(13-9)10-6-4-5-7-11(10)16-2/h4-8,13H,3H2,1-2H3. The van der Waals surface area contributed by atoms with Crippen LogP contribution in [0.25, 0.3) is 5.69 Å². The predicted molar refractivity (Wildman–Crippen MR) is 62.3 cm³/mol. The van der Waals surface area contributed by atoms with Crippen LogP contribution in [0.4, 0.5) is 0 Å². The Kier molecular flexibility index (Phi) is 2.81. The minimum atomic E-state index is -0.0682. The van der Waals surface area contributed by atoms with Crippen LogP contribution in [-0.2, 0) is 6.42 Å². The summed E-state index contributed by atoms with van der Waals surface area (Å²) in [6, 6.07) is 9.02. The first-order chi connectivity index (χ1) is 7.76. The van der Waals surface area contributed by atoms with Gasteiger partial charge in [-0.25, -0.2) is 4.68 Å². The number of H-pyrrole nitrogens is 1. The fraction of sp³-hybridized carbons (Fsp3) is 0.250.